The summed E-state index contributed by atoms with van der Waals surface area (Å²) in [4.78, 5) is 22.8. The molecule has 6 nitrogen and oxygen atoms in total. The van der Waals surface area contributed by atoms with Crippen LogP contribution in [0.25, 0.3) is 0 Å². The monoisotopic (exact) mass is 357 g/mol. The highest BCUT2D eigenvalue weighted by Gasteiger charge is 2.22. The number of hydrogen-bond acceptors (Lipinski definition) is 5. The topological polar surface area (TPSA) is 95.9 Å². The van der Waals surface area contributed by atoms with Crippen LogP contribution in [0.4, 0.5) is 4.79 Å². The van der Waals surface area contributed by atoms with Crippen LogP contribution in [-0.4, -0.2) is 40.3 Å². The average molecular weight is 358 g/mol. The number of nitrogens with one attached hydrogen (secondary N) is 1. The van der Waals surface area contributed by atoms with E-state index in [-0.39, 0.29) is 23.8 Å². The summed E-state index contributed by atoms with van der Waals surface area (Å²) in [6.07, 6.45) is -2.82. The molecule has 0 saturated heterocycles. The molecule has 0 aliphatic rings. The highest BCUT2D eigenvalue weighted by molar-refractivity contribution is 6.31. The lowest BCUT2D eigenvalue weighted by Crippen LogP contribution is -2.34. The van der Waals surface area contributed by atoms with Crippen molar-refractivity contribution in [3.05, 3.63) is 34.3 Å². The zero-order chi connectivity index (χ0) is 18.5. The molecule has 1 amide bonds. The van der Waals surface area contributed by atoms with Gasteiger partial charge in [-0.1, -0.05) is 23.7 Å². The molecule has 0 fully saturated rings. The molecule has 24 heavy (non-hydrogen) atoms. The summed E-state index contributed by atoms with van der Waals surface area (Å²) in [5.74, 6) is -0.139. The molecule has 0 spiro atoms. The van der Waals surface area contributed by atoms with Crippen molar-refractivity contribution < 1.29 is 24.5 Å². The number of alkyl carbamates (subject to hydrolysis) is 1. The minimum Gasteiger partial charge on any atom is -0.444 e. The first kappa shape index (κ1) is 20.4. The largest absolute Gasteiger partial charge is 0.444 e. The van der Waals surface area contributed by atoms with Gasteiger partial charge >= 0.3 is 6.09 Å². The molecule has 0 saturated carbocycles. The Bertz CT molecular complexity index is 597. The first-order valence-electron chi connectivity index (χ1n) is 7.64. The van der Waals surface area contributed by atoms with Crippen molar-refractivity contribution in [2.45, 2.75) is 51.9 Å². The fraction of sp³-hybridized carbons (Fsp3) is 0.529. The highest BCUT2D eigenvalue weighted by Crippen LogP contribution is 2.27. The fourth-order valence-electron chi connectivity index (χ4n) is 1.99. The maximum absolute atomic E-state index is 11.5. The molecule has 134 valence electrons. The molecule has 2 atom stereocenters. The SMILES string of the molecule is CC(=O)c1ccc(C(O)C(O)CCNC(=O)OC(C)(C)C)c(Cl)c1. The predicted molar refractivity (Wildman–Crippen MR) is 91.3 cm³/mol. The van der Waals surface area contributed by atoms with E-state index in [9.17, 15) is 19.8 Å². The molecular formula is C17H24ClNO5. The smallest absolute Gasteiger partial charge is 0.407 e. The molecule has 0 radical (unpaired) electrons. The van der Waals surface area contributed by atoms with E-state index in [1.165, 1.54) is 19.1 Å². The van der Waals surface area contributed by atoms with Gasteiger partial charge in [-0.3, -0.25) is 4.79 Å². The van der Waals surface area contributed by atoms with Gasteiger partial charge < -0.3 is 20.3 Å². The summed E-state index contributed by atoms with van der Waals surface area (Å²) in [5, 5.41) is 22.9. The number of ether oxygens (including phenoxy) is 1. The number of aliphatic hydroxyl groups is 2. The van der Waals surface area contributed by atoms with E-state index in [0.29, 0.717) is 11.1 Å². The van der Waals surface area contributed by atoms with Crippen molar-refractivity contribution in [2.24, 2.45) is 0 Å². The minimum atomic E-state index is -1.22. The number of halogens is 1. The third-order valence-electron chi connectivity index (χ3n) is 3.20. The van der Waals surface area contributed by atoms with Crippen molar-refractivity contribution in [2.75, 3.05) is 6.54 Å². The molecule has 0 aliphatic heterocycles. The van der Waals surface area contributed by atoms with Gasteiger partial charge in [0.1, 0.15) is 11.7 Å². The first-order chi connectivity index (χ1) is 11.0. The maximum Gasteiger partial charge on any atom is 0.407 e. The Balaban J connectivity index is 2.57. The van der Waals surface area contributed by atoms with E-state index in [1.807, 2.05) is 0 Å². The van der Waals surface area contributed by atoms with Gasteiger partial charge in [0.15, 0.2) is 5.78 Å². The second-order valence-electron chi connectivity index (χ2n) is 6.52. The summed E-state index contributed by atoms with van der Waals surface area (Å²) in [7, 11) is 0. The van der Waals surface area contributed by atoms with Crippen LogP contribution in [0.5, 0.6) is 0 Å². The van der Waals surface area contributed by atoms with E-state index in [0.717, 1.165) is 0 Å². The van der Waals surface area contributed by atoms with Gasteiger partial charge in [0, 0.05) is 22.7 Å². The maximum atomic E-state index is 11.5. The van der Waals surface area contributed by atoms with Crippen LogP contribution < -0.4 is 5.32 Å². The van der Waals surface area contributed by atoms with Gasteiger partial charge in [0.2, 0.25) is 0 Å². The van der Waals surface area contributed by atoms with E-state index >= 15 is 0 Å². The normalized spacial score (nSPS) is 14.0. The van der Waals surface area contributed by atoms with Gasteiger partial charge in [-0.15, -0.1) is 0 Å². The Morgan fingerprint density at radius 1 is 1.29 bits per heavy atom. The van der Waals surface area contributed by atoms with E-state index in [1.54, 1.807) is 26.8 Å². The van der Waals surface area contributed by atoms with Crippen molar-refractivity contribution in [3.63, 3.8) is 0 Å². The standard InChI is InChI=1S/C17H24ClNO5/c1-10(20)11-5-6-12(13(18)9-11)15(22)14(21)7-8-19-16(23)24-17(2,3)4/h5-6,9,14-15,21-22H,7-8H2,1-4H3,(H,19,23). The lowest BCUT2D eigenvalue weighted by Gasteiger charge is -2.21. The molecule has 0 heterocycles. The lowest BCUT2D eigenvalue weighted by atomic mass is 10.00. The van der Waals surface area contributed by atoms with Crippen LogP contribution in [0.2, 0.25) is 5.02 Å². The number of ketones is 1. The second kappa shape index (κ2) is 8.46. The Kier molecular flexibility index (Phi) is 7.20. The quantitative estimate of drug-likeness (QED) is 0.680. The summed E-state index contributed by atoms with van der Waals surface area (Å²) < 4.78 is 5.07. The zero-order valence-corrected chi connectivity index (χ0v) is 15.1. The molecule has 3 N–H and O–H groups in total. The predicted octanol–water partition coefficient (Wildman–Crippen LogP) is 2.85. The molecule has 0 bridgehead atoms. The van der Waals surface area contributed by atoms with Crippen LogP contribution in [0.15, 0.2) is 18.2 Å². The van der Waals surface area contributed by atoms with Crippen molar-refractivity contribution in [1.29, 1.82) is 0 Å². The molecule has 1 aromatic carbocycles. The molecular weight excluding hydrogens is 334 g/mol. The van der Waals surface area contributed by atoms with Crippen molar-refractivity contribution in [1.82, 2.24) is 5.32 Å². The molecule has 1 aromatic rings. The number of benzene rings is 1. The van der Waals surface area contributed by atoms with Crippen LogP contribution in [0, 0.1) is 0 Å². The Labute approximate surface area is 146 Å². The summed E-state index contributed by atoms with van der Waals surface area (Å²) in [6, 6.07) is 4.50. The molecule has 1 rings (SSSR count). The number of rotatable bonds is 6. The van der Waals surface area contributed by atoms with Gasteiger partial charge in [-0.2, -0.15) is 0 Å². The van der Waals surface area contributed by atoms with E-state index < -0.39 is 23.9 Å². The summed E-state index contributed by atoms with van der Waals surface area (Å²) >= 11 is 6.06. The lowest BCUT2D eigenvalue weighted by molar-refractivity contribution is 0.0123. The van der Waals surface area contributed by atoms with Gasteiger partial charge in [-0.05, 0) is 40.2 Å². The number of hydrogen-bond donors (Lipinski definition) is 3. The van der Waals surface area contributed by atoms with Crippen LogP contribution in [-0.2, 0) is 4.74 Å². The molecule has 0 aromatic heterocycles. The Morgan fingerprint density at radius 3 is 2.42 bits per heavy atom. The van der Waals surface area contributed by atoms with Gasteiger partial charge in [-0.25, -0.2) is 4.79 Å². The van der Waals surface area contributed by atoms with Crippen LogP contribution in [0.3, 0.4) is 0 Å². The first-order valence-corrected chi connectivity index (χ1v) is 8.02. The second-order valence-corrected chi connectivity index (χ2v) is 6.93. The number of Topliss-reactive ketones (excluding diaryl/α,β-unsaturated/α-hetero) is 1. The third kappa shape index (κ3) is 6.47. The fourth-order valence-corrected chi connectivity index (χ4v) is 2.28. The Hall–Kier alpha value is -1.63. The van der Waals surface area contributed by atoms with E-state index in [2.05, 4.69) is 5.32 Å². The summed E-state index contributed by atoms with van der Waals surface area (Å²) in [6.45, 7) is 6.79. The molecule has 0 aliphatic carbocycles. The molecule has 7 heteroatoms. The van der Waals surface area contributed by atoms with Crippen molar-refractivity contribution >= 4 is 23.5 Å². The number of carbonyl (C=O) groups is 2. The number of carbonyl (C=O) groups excluding carboxylic acids is 2. The van der Waals surface area contributed by atoms with Crippen LogP contribution >= 0.6 is 11.6 Å². The van der Waals surface area contributed by atoms with Gasteiger partial charge in [0.05, 0.1) is 6.10 Å². The van der Waals surface area contributed by atoms with E-state index in [4.69, 9.17) is 16.3 Å². The zero-order valence-electron chi connectivity index (χ0n) is 14.3. The van der Waals surface area contributed by atoms with Crippen LogP contribution in [0.1, 0.15) is 56.1 Å². The average Bonchev–Trinajstić information content (AvgIpc) is 2.44. The minimum absolute atomic E-state index is 0.116. The Morgan fingerprint density at radius 2 is 1.92 bits per heavy atom. The van der Waals surface area contributed by atoms with Gasteiger partial charge in [0.25, 0.3) is 0 Å². The third-order valence-corrected chi connectivity index (χ3v) is 3.53. The summed E-state index contributed by atoms with van der Waals surface area (Å²) in [5.41, 5.74) is 0.150. The number of aliphatic hydroxyl groups excluding tert-OH is 2. The highest BCUT2D eigenvalue weighted by atomic mass is 35.5. The number of amides is 1. The van der Waals surface area contributed by atoms with Crippen molar-refractivity contribution in [3.8, 4) is 0 Å². The molecule has 2 unspecified atom stereocenters.